The fourth-order valence-corrected chi connectivity index (χ4v) is 2.83. The predicted octanol–water partition coefficient (Wildman–Crippen LogP) is 2.40. The molecule has 2 unspecified atom stereocenters. The van der Waals surface area contributed by atoms with Crippen molar-refractivity contribution in [2.45, 2.75) is 6.04 Å². The Hall–Kier alpha value is -0.970. The van der Waals surface area contributed by atoms with Gasteiger partial charge in [0.25, 0.3) is 0 Å². The van der Waals surface area contributed by atoms with E-state index in [9.17, 15) is 4.79 Å². The van der Waals surface area contributed by atoms with Crippen molar-refractivity contribution in [2.75, 3.05) is 30.5 Å². The van der Waals surface area contributed by atoms with Crippen molar-refractivity contribution in [3.63, 3.8) is 0 Å². The summed E-state index contributed by atoms with van der Waals surface area (Å²) in [6.45, 7) is 1.00. The fourth-order valence-electron chi connectivity index (χ4n) is 2.51. The van der Waals surface area contributed by atoms with Gasteiger partial charge in [-0.15, -0.1) is 0 Å². The summed E-state index contributed by atoms with van der Waals surface area (Å²) >= 11 is 12.0. The Labute approximate surface area is 115 Å². The lowest BCUT2D eigenvalue weighted by molar-refractivity contribution is -0.120. The van der Waals surface area contributed by atoms with Crippen LogP contribution < -0.4 is 10.2 Å². The molecule has 1 saturated heterocycles. The summed E-state index contributed by atoms with van der Waals surface area (Å²) in [4.78, 5) is 14.1. The average molecular weight is 287 g/mol. The quantitative estimate of drug-likeness (QED) is 0.796. The second kappa shape index (κ2) is 4.30. The maximum atomic E-state index is 12.1. The molecule has 0 aromatic heterocycles. The van der Waals surface area contributed by atoms with Crippen molar-refractivity contribution in [1.29, 1.82) is 0 Å². The molecular formula is C12H12Cl2N2O2. The van der Waals surface area contributed by atoms with Crippen LogP contribution in [0.1, 0.15) is 0 Å². The van der Waals surface area contributed by atoms with Crippen LogP contribution in [0.25, 0.3) is 0 Å². The number of hydrogen-bond acceptors (Lipinski definition) is 3. The van der Waals surface area contributed by atoms with Gasteiger partial charge in [-0.05, 0) is 12.1 Å². The van der Waals surface area contributed by atoms with E-state index in [0.717, 1.165) is 5.69 Å². The summed E-state index contributed by atoms with van der Waals surface area (Å²) in [6, 6.07) is 3.51. The Morgan fingerprint density at radius 3 is 2.83 bits per heavy atom. The number of fused-ring (bicyclic) bond motifs is 2. The molecule has 3 rings (SSSR count). The molecule has 0 bridgehead atoms. The first kappa shape index (κ1) is 12.1. The van der Waals surface area contributed by atoms with Crippen LogP contribution in [0.4, 0.5) is 11.4 Å². The minimum atomic E-state index is -0.153. The normalized spacial score (nSPS) is 26.4. The average Bonchev–Trinajstić information content (AvgIpc) is 2.78. The minimum Gasteiger partial charge on any atom is -0.378 e. The Morgan fingerprint density at radius 1 is 1.33 bits per heavy atom. The zero-order chi connectivity index (χ0) is 12.9. The van der Waals surface area contributed by atoms with Crippen molar-refractivity contribution < 1.29 is 9.53 Å². The molecular weight excluding hydrogens is 275 g/mol. The van der Waals surface area contributed by atoms with E-state index < -0.39 is 0 Å². The van der Waals surface area contributed by atoms with E-state index in [1.54, 1.807) is 12.1 Å². The number of benzene rings is 1. The zero-order valence-electron chi connectivity index (χ0n) is 9.74. The SMILES string of the molecule is CN1c2cc(Cl)c(Cl)cc2NC(=O)C2COCC21. The number of hydrogen-bond donors (Lipinski definition) is 1. The van der Waals surface area contributed by atoms with Crippen LogP contribution in [0.2, 0.25) is 10.0 Å². The topological polar surface area (TPSA) is 41.6 Å². The number of nitrogens with one attached hydrogen (secondary N) is 1. The van der Waals surface area contributed by atoms with Gasteiger partial charge in [0, 0.05) is 7.05 Å². The van der Waals surface area contributed by atoms with Gasteiger partial charge in [0.15, 0.2) is 0 Å². The molecule has 2 aliphatic rings. The molecule has 4 nitrogen and oxygen atoms in total. The minimum absolute atomic E-state index is 0.0264. The predicted molar refractivity (Wildman–Crippen MR) is 71.6 cm³/mol. The molecule has 1 fully saturated rings. The van der Waals surface area contributed by atoms with Crippen LogP contribution in [-0.2, 0) is 9.53 Å². The Balaban J connectivity index is 2.11. The van der Waals surface area contributed by atoms with E-state index in [1.807, 2.05) is 11.9 Å². The van der Waals surface area contributed by atoms with Gasteiger partial charge in [-0.25, -0.2) is 0 Å². The molecule has 0 radical (unpaired) electrons. The highest BCUT2D eigenvalue weighted by Crippen LogP contribution is 2.39. The van der Waals surface area contributed by atoms with Gasteiger partial charge in [-0.2, -0.15) is 0 Å². The number of carbonyl (C=O) groups excluding carboxylic acids is 1. The number of ether oxygens (including phenoxy) is 1. The van der Waals surface area contributed by atoms with Gasteiger partial charge in [0.1, 0.15) is 0 Å². The van der Waals surface area contributed by atoms with E-state index in [0.29, 0.717) is 28.9 Å². The molecule has 1 N–H and O–H groups in total. The van der Waals surface area contributed by atoms with Crippen LogP contribution in [-0.4, -0.2) is 32.2 Å². The van der Waals surface area contributed by atoms with Gasteiger partial charge in [0.2, 0.25) is 5.91 Å². The largest absolute Gasteiger partial charge is 0.378 e. The maximum absolute atomic E-state index is 12.1. The van der Waals surface area contributed by atoms with E-state index in [2.05, 4.69) is 5.32 Å². The zero-order valence-corrected chi connectivity index (χ0v) is 11.3. The number of likely N-dealkylation sites (N-methyl/N-ethyl adjacent to an activating group) is 1. The number of nitrogens with zero attached hydrogens (tertiary/aromatic N) is 1. The van der Waals surface area contributed by atoms with Crippen LogP contribution in [0.5, 0.6) is 0 Å². The number of carbonyl (C=O) groups is 1. The summed E-state index contributed by atoms with van der Waals surface area (Å²) in [5.74, 6) is -0.179. The number of amides is 1. The van der Waals surface area contributed by atoms with E-state index in [1.165, 1.54) is 0 Å². The molecule has 0 spiro atoms. The third-order valence-corrected chi connectivity index (χ3v) is 4.28. The third-order valence-electron chi connectivity index (χ3n) is 3.56. The molecule has 1 amide bonds. The molecule has 2 atom stereocenters. The lowest BCUT2D eigenvalue weighted by Crippen LogP contribution is -2.40. The summed E-state index contributed by atoms with van der Waals surface area (Å²) in [5, 5.41) is 3.81. The van der Waals surface area contributed by atoms with Gasteiger partial charge in [0.05, 0.1) is 46.6 Å². The lowest BCUT2D eigenvalue weighted by Gasteiger charge is -2.27. The highest BCUT2D eigenvalue weighted by molar-refractivity contribution is 6.42. The molecule has 2 heterocycles. The third kappa shape index (κ3) is 1.76. The molecule has 1 aromatic rings. The number of rotatable bonds is 0. The first-order valence-corrected chi connectivity index (χ1v) is 6.44. The van der Waals surface area contributed by atoms with Crippen molar-refractivity contribution in [1.82, 2.24) is 0 Å². The Morgan fingerprint density at radius 2 is 2.06 bits per heavy atom. The molecule has 0 saturated carbocycles. The van der Waals surface area contributed by atoms with Gasteiger partial charge in [-0.1, -0.05) is 23.2 Å². The van der Waals surface area contributed by atoms with E-state index in [4.69, 9.17) is 27.9 Å². The molecule has 96 valence electrons. The maximum Gasteiger partial charge on any atom is 0.232 e. The first-order valence-electron chi connectivity index (χ1n) is 5.68. The monoisotopic (exact) mass is 286 g/mol. The highest BCUT2D eigenvalue weighted by atomic mass is 35.5. The molecule has 18 heavy (non-hydrogen) atoms. The fraction of sp³-hybridized carbons (Fsp3) is 0.417. The molecule has 6 heteroatoms. The van der Waals surface area contributed by atoms with Crippen LogP contribution >= 0.6 is 23.2 Å². The first-order chi connectivity index (χ1) is 8.58. The Kier molecular flexibility index (Phi) is 2.88. The van der Waals surface area contributed by atoms with E-state index >= 15 is 0 Å². The summed E-state index contributed by atoms with van der Waals surface area (Å²) < 4.78 is 5.40. The van der Waals surface area contributed by atoms with Crippen molar-refractivity contribution >= 4 is 40.5 Å². The van der Waals surface area contributed by atoms with Crippen molar-refractivity contribution in [3.05, 3.63) is 22.2 Å². The summed E-state index contributed by atoms with van der Waals surface area (Å²) in [6.07, 6.45) is 0. The number of anilines is 2. The summed E-state index contributed by atoms with van der Waals surface area (Å²) in [5.41, 5.74) is 1.57. The number of halogens is 2. The molecule has 1 aromatic carbocycles. The van der Waals surface area contributed by atoms with Crippen LogP contribution in [0, 0.1) is 5.92 Å². The van der Waals surface area contributed by atoms with Crippen LogP contribution in [0.15, 0.2) is 12.1 Å². The van der Waals surface area contributed by atoms with Crippen molar-refractivity contribution in [2.24, 2.45) is 5.92 Å². The molecule has 2 aliphatic heterocycles. The highest BCUT2D eigenvalue weighted by Gasteiger charge is 2.40. The summed E-state index contributed by atoms with van der Waals surface area (Å²) in [7, 11) is 1.94. The Bertz CT molecular complexity index is 521. The van der Waals surface area contributed by atoms with Gasteiger partial charge < -0.3 is 15.0 Å². The lowest BCUT2D eigenvalue weighted by atomic mass is 10.0. The van der Waals surface area contributed by atoms with Gasteiger partial charge in [-0.3, -0.25) is 4.79 Å². The standard InChI is InChI=1S/C12H12Cl2N2O2/c1-16-10-3-8(14)7(13)2-9(10)15-12(17)6-4-18-5-11(6)16/h2-3,6,11H,4-5H2,1H3,(H,15,17). The van der Waals surface area contributed by atoms with Crippen LogP contribution in [0.3, 0.4) is 0 Å². The smallest absolute Gasteiger partial charge is 0.232 e. The van der Waals surface area contributed by atoms with Crippen molar-refractivity contribution in [3.8, 4) is 0 Å². The van der Waals surface area contributed by atoms with E-state index in [-0.39, 0.29) is 17.9 Å². The second-order valence-corrected chi connectivity index (χ2v) is 5.41. The van der Waals surface area contributed by atoms with Gasteiger partial charge >= 0.3 is 0 Å². The molecule has 0 aliphatic carbocycles. The second-order valence-electron chi connectivity index (χ2n) is 4.59.